The summed E-state index contributed by atoms with van der Waals surface area (Å²) in [6, 6.07) is 4.17. The van der Waals surface area contributed by atoms with E-state index in [9.17, 15) is 13.6 Å². The zero-order valence-corrected chi connectivity index (χ0v) is 17.7. The summed E-state index contributed by atoms with van der Waals surface area (Å²) in [4.78, 5) is 16.7. The first-order valence-corrected chi connectivity index (χ1v) is 11.5. The molecule has 1 heterocycles. The second-order valence-electron chi connectivity index (χ2n) is 9.03. The molecule has 2 aliphatic carbocycles. The average molecular weight is 418 g/mol. The highest BCUT2D eigenvalue weighted by Gasteiger charge is 2.25. The molecule has 1 saturated heterocycles. The van der Waals surface area contributed by atoms with Crippen molar-refractivity contribution >= 4 is 11.6 Å². The van der Waals surface area contributed by atoms with E-state index in [-0.39, 0.29) is 5.91 Å². The van der Waals surface area contributed by atoms with Gasteiger partial charge in [-0.1, -0.05) is 6.08 Å². The van der Waals surface area contributed by atoms with Crippen molar-refractivity contribution in [2.24, 2.45) is 5.92 Å². The number of piperazine rings is 1. The van der Waals surface area contributed by atoms with Crippen molar-refractivity contribution in [3.8, 4) is 0 Å². The van der Waals surface area contributed by atoms with Crippen LogP contribution in [0, 0.1) is 17.6 Å². The van der Waals surface area contributed by atoms with Gasteiger partial charge in [-0.2, -0.15) is 0 Å². The molecule has 0 radical (unpaired) electrons. The molecule has 164 valence electrons. The Labute approximate surface area is 178 Å². The average Bonchev–Trinajstić information content (AvgIpc) is 3.29. The van der Waals surface area contributed by atoms with E-state index in [1.807, 2.05) is 4.90 Å². The molecule has 0 spiro atoms. The van der Waals surface area contributed by atoms with Crippen LogP contribution in [-0.4, -0.2) is 49.6 Å². The molecular formula is C24H33F2N3O. The van der Waals surface area contributed by atoms with Gasteiger partial charge in [0.15, 0.2) is 0 Å². The minimum atomic E-state index is -0.528. The van der Waals surface area contributed by atoms with Crippen molar-refractivity contribution in [2.75, 3.05) is 37.6 Å². The van der Waals surface area contributed by atoms with Gasteiger partial charge in [0, 0.05) is 43.9 Å². The summed E-state index contributed by atoms with van der Waals surface area (Å²) in [7, 11) is 0. The maximum Gasteiger partial charge on any atom is 0.247 e. The number of hydrogen-bond donors (Lipinski definition) is 1. The monoisotopic (exact) mass is 417 g/mol. The van der Waals surface area contributed by atoms with Crippen LogP contribution in [-0.2, 0) is 4.79 Å². The number of allylic oxidation sites excluding steroid dienone is 1. The fourth-order valence-electron chi connectivity index (χ4n) is 5.07. The normalized spacial score (nSPS) is 25.3. The van der Waals surface area contributed by atoms with Gasteiger partial charge in [-0.3, -0.25) is 9.69 Å². The molecule has 1 amide bonds. The molecule has 0 atom stereocenters. The van der Waals surface area contributed by atoms with E-state index in [0.717, 1.165) is 82.4 Å². The van der Waals surface area contributed by atoms with Gasteiger partial charge in [-0.25, -0.2) is 8.78 Å². The van der Waals surface area contributed by atoms with E-state index in [4.69, 9.17) is 0 Å². The fourth-order valence-corrected chi connectivity index (χ4v) is 5.07. The van der Waals surface area contributed by atoms with Crippen LogP contribution >= 0.6 is 0 Å². The maximum atomic E-state index is 14.0. The molecule has 1 aromatic carbocycles. The second kappa shape index (κ2) is 9.90. The highest BCUT2D eigenvalue weighted by atomic mass is 19.1. The minimum Gasteiger partial charge on any atom is -0.367 e. The number of hydrogen-bond acceptors (Lipinski definition) is 3. The van der Waals surface area contributed by atoms with Gasteiger partial charge in [-0.15, -0.1) is 0 Å². The van der Waals surface area contributed by atoms with Crippen LogP contribution in [0.5, 0.6) is 0 Å². The van der Waals surface area contributed by atoms with Gasteiger partial charge in [0.2, 0.25) is 5.91 Å². The molecular weight excluding hydrogens is 384 g/mol. The number of anilines is 1. The van der Waals surface area contributed by atoms with Gasteiger partial charge >= 0.3 is 0 Å². The quantitative estimate of drug-likeness (QED) is 0.751. The lowest BCUT2D eigenvalue weighted by Gasteiger charge is -2.37. The van der Waals surface area contributed by atoms with Crippen molar-refractivity contribution in [1.29, 1.82) is 0 Å². The third-order valence-corrected chi connectivity index (χ3v) is 6.99. The van der Waals surface area contributed by atoms with Crippen LogP contribution in [0.1, 0.15) is 51.4 Å². The number of carbonyl (C=O) groups excluding carboxylic acids is 1. The Bertz CT molecular complexity index is 766. The predicted octanol–water partition coefficient (Wildman–Crippen LogP) is 4.26. The third kappa shape index (κ3) is 5.39. The van der Waals surface area contributed by atoms with Crippen LogP contribution in [0.4, 0.5) is 14.5 Å². The molecule has 6 heteroatoms. The molecule has 0 aromatic heterocycles. The van der Waals surface area contributed by atoms with E-state index < -0.39 is 11.6 Å². The van der Waals surface area contributed by atoms with Crippen molar-refractivity contribution in [3.63, 3.8) is 0 Å². The molecule has 0 unspecified atom stereocenters. The van der Waals surface area contributed by atoms with Gasteiger partial charge in [0.25, 0.3) is 0 Å². The summed E-state index contributed by atoms with van der Waals surface area (Å²) in [5.74, 6) is -0.112. The first kappa shape index (κ1) is 21.3. The largest absolute Gasteiger partial charge is 0.367 e. The molecule has 1 aromatic rings. The molecule has 1 aliphatic heterocycles. The summed E-state index contributed by atoms with van der Waals surface area (Å²) in [6.45, 7) is 4.46. The zero-order chi connectivity index (χ0) is 20.9. The standard InChI is InChI=1S/C24H33F2N3O/c25-20-7-10-23(22(26)17-20)29-15-13-28(14-16-29)12-11-18-5-8-21(9-6-18)27-24(30)19-3-1-2-4-19/h3,7,10,17-18,21H,1-2,4-6,8-9,11-16H2,(H,27,30)/t18-,21-. The van der Waals surface area contributed by atoms with Crippen LogP contribution in [0.3, 0.4) is 0 Å². The first-order chi connectivity index (χ1) is 14.6. The Hall–Kier alpha value is -1.95. The summed E-state index contributed by atoms with van der Waals surface area (Å²) in [5.41, 5.74) is 1.49. The summed E-state index contributed by atoms with van der Waals surface area (Å²) in [6.07, 6.45) is 10.9. The Morgan fingerprint density at radius 3 is 2.50 bits per heavy atom. The summed E-state index contributed by atoms with van der Waals surface area (Å²) >= 11 is 0. The zero-order valence-electron chi connectivity index (χ0n) is 17.7. The molecule has 0 bridgehead atoms. The number of amides is 1. The molecule has 4 nitrogen and oxygen atoms in total. The lowest BCUT2D eigenvalue weighted by Crippen LogP contribution is -2.47. The fraction of sp³-hybridized carbons (Fsp3) is 0.625. The van der Waals surface area contributed by atoms with Crippen LogP contribution in [0.25, 0.3) is 0 Å². The summed E-state index contributed by atoms with van der Waals surface area (Å²) in [5, 5.41) is 3.24. The van der Waals surface area contributed by atoms with Crippen LogP contribution < -0.4 is 10.2 Å². The number of benzene rings is 1. The number of halogens is 2. The van der Waals surface area contributed by atoms with Gasteiger partial charge in [0.1, 0.15) is 11.6 Å². The highest BCUT2D eigenvalue weighted by Crippen LogP contribution is 2.28. The van der Waals surface area contributed by atoms with Crippen molar-refractivity contribution in [1.82, 2.24) is 10.2 Å². The Morgan fingerprint density at radius 1 is 1.07 bits per heavy atom. The lowest BCUT2D eigenvalue weighted by atomic mass is 9.84. The van der Waals surface area contributed by atoms with Gasteiger partial charge in [0.05, 0.1) is 5.69 Å². The number of rotatable bonds is 6. The topological polar surface area (TPSA) is 35.6 Å². The Kier molecular flexibility index (Phi) is 7.03. The predicted molar refractivity (Wildman–Crippen MR) is 115 cm³/mol. The molecule has 1 N–H and O–H groups in total. The number of nitrogens with zero attached hydrogens (tertiary/aromatic N) is 2. The molecule has 4 rings (SSSR count). The Balaban J connectivity index is 1.14. The van der Waals surface area contributed by atoms with E-state index >= 15 is 0 Å². The van der Waals surface area contributed by atoms with Crippen molar-refractivity contribution in [2.45, 2.75) is 57.4 Å². The van der Waals surface area contributed by atoms with Crippen molar-refractivity contribution < 1.29 is 13.6 Å². The van der Waals surface area contributed by atoms with Crippen LogP contribution in [0.2, 0.25) is 0 Å². The molecule has 30 heavy (non-hydrogen) atoms. The molecule has 3 aliphatic rings. The maximum absolute atomic E-state index is 14.0. The lowest BCUT2D eigenvalue weighted by molar-refractivity contribution is -0.118. The van der Waals surface area contributed by atoms with Gasteiger partial charge < -0.3 is 10.2 Å². The third-order valence-electron chi connectivity index (χ3n) is 6.99. The second-order valence-corrected chi connectivity index (χ2v) is 9.03. The number of nitrogens with one attached hydrogen (secondary N) is 1. The SMILES string of the molecule is O=C(N[C@H]1CC[C@H](CCN2CCN(c3ccc(F)cc3F)CC2)CC1)C1=CCCC1. The smallest absolute Gasteiger partial charge is 0.247 e. The van der Waals surface area contributed by atoms with E-state index in [1.54, 1.807) is 6.07 Å². The highest BCUT2D eigenvalue weighted by molar-refractivity contribution is 5.93. The summed E-state index contributed by atoms with van der Waals surface area (Å²) < 4.78 is 27.1. The van der Waals surface area contributed by atoms with E-state index in [1.165, 1.54) is 25.3 Å². The van der Waals surface area contributed by atoms with Crippen molar-refractivity contribution in [3.05, 3.63) is 41.5 Å². The minimum absolute atomic E-state index is 0.159. The molecule has 1 saturated carbocycles. The van der Waals surface area contributed by atoms with E-state index in [0.29, 0.717) is 11.7 Å². The Morgan fingerprint density at radius 2 is 1.83 bits per heavy atom. The van der Waals surface area contributed by atoms with Crippen LogP contribution in [0.15, 0.2) is 29.8 Å². The first-order valence-electron chi connectivity index (χ1n) is 11.5. The van der Waals surface area contributed by atoms with Gasteiger partial charge in [-0.05, 0) is 76.0 Å². The molecule has 2 fully saturated rings. The number of carbonyl (C=O) groups is 1. The van der Waals surface area contributed by atoms with E-state index in [2.05, 4.69) is 16.3 Å².